The minimum atomic E-state index is -0.810. The molecule has 0 radical (unpaired) electrons. The Bertz CT molecular complexity index is 230. The summed E-state index contributed by atoms with van der Waals surface area (Å²) in [6, 6.07) is 0. The van der Waals surface area contributed by atoms with Gasteiger partial charge in [-0.15, -0.1) is 0 Å². The first kappa shape index (κ1) is 10.2. The van der Waals surface area contributed by atoms with E-state index in [-0.39, 0.29) is 17.6 Å². The summed E-state index contributed by atoms with van der Waals surface area (Å²) in [7, 11) is 0. The second kappa shape index (κ2) is 3.44. The van der Waals surface area contributed by atoms with Crippen LogP contribution in [0.3, 0.4) is 0 Å². The summed E-state index contributed by atoms with van der Waals surface area (Å²) in [6.45, 7) is 2.64. The number of rotatable bonds is 3. The van der Waals surface area contributed by atoms with Crippen molar-refractivity contribution in [1.82, 2.24) is 5.32 Å². The maximum atomic E-state index is 12.3. The molecule has 0 aliphatic heterocycles. The summed E-state index contributed by atoms with van der Waals surface area (Å²) >= 11 is 0. The largest absolute Gasteiger partial charge is 0.348 e. The van der Waals surface area contributed by atoms with E-state index in [0.29, 0.717) is 12.8 Å². The molecule has 0 aromatic carbocycles. The highest BCUT2D eigenvalue weighted by molar-refractivity contribution is 5.96. The van der Waals surface area contributed by atoms with Crippen molar-refractivity contribution in [3.8, 4) is 0 Å². The molecule has 0 bridgehead atoms. The fourth-order valence-corrected chi connectivity index (χ4v) is 1.14. The number of alkyl halides is 1. The molecule has 1 aliphatic rings. The first-order valence-corrected chi connectivity index (χ1v) is 4.34. The van der Waals surface area contributed by atoms with Crippen LogP contribution in [0, 0.1) is 5.92 Å². The van der Waals surface area contributed by atoms with Gasteiger partial charge in [0, 0.05) is 12.8 Å². The number of Topliss-reactive ketones (excluding diaryl/α,β-unsaturated/α-hetero) is 1. The standard InChI is InChI=1S/C9H14FNO2/c1-9(2,5-10)11-8(13)6-3-7(12)4-6/h6H,3-5H2,1-2H3,(H,11,13). The molecule has 1 aliphatic carbocycles. The van der Waals surface area contributed by atoms with Gasteiger partial charge < -0.3 is 5.32 Å². The van der Waals surface area contributed by atoms with Crippen LogP contribution in [0.15, 0.2) is 0 Å². The lowest BCUT2D eigenvalue weighted by Gasteiger charge is -2.29. The number of halogens is 1. The topological polar surface area (TPSA) is 46.2 Å². The van der Waals surface area contributed by atoms with Crippen molar-refractivity contribution in [1.29, 1.82) is 0 Å². The molecule has 0 saturated heterocycles. The van der Waals surface area contributed by atoms with Gasteiger partial charge in [-0.05, 0) is 13.8 Å². The summed E-state index contributed by atoms with van der Waals surface area (Å²) in [5.41, 5.74) is -0.810. The molecule has 0 spiro atoms. The highest BCUT2D eigenvalue weighted by Crippen LogP contribution is 2.23. The Labute approximate surface area is 76.7 Å². The third-order valence-corrected chi connectivity index (χ3v) is 2.11. The summed E-state index contributed by atoms with van der Waals surface area (Å²) in [5, 5.41) is 2.56. The molecule has 1 amide bonds. The number of hydrogen-bond acceptors (Lipinski definition) is 2. The molecule has 0 aromatic heterocycles. The molecule has 1 saturated carbocycles. The highest BCUT2D eigenvalue weighted by Gasteiger charge is 2.34. The third-order valence-electron chi connectivity index (χ3n) is 2.11. The summed E-state index contributed by atoms with van der Waals surface area (Å²) in [6.07, 6.45) is 0.627. The molecule has 0 atom stereocenters. The van der Waals surface area contributed by atoms with Crippen molar-refractivity contribution in [3.05, 3.63) is 0 Å². The number of carbonyl (C=O) groups excluding carboxylic acids is 2. The average Bonchev–Trinajstić information content (AvgIpc) is 1.98. The van der Waals surface area contributed by atoms with E-state index in [0.717, 1.165) is 0 Å². The monoisotopic (exact) mass is 187 g/mol. The third kappa shape index (κ3) is 2.50. The molecule has 1 rings (SSSR count). The van der Waals surface area contributed by atoms with Gasteiger partial charge in [-0.25, -0.2) is 4.39 Å². The van der Waals surface area contributed by atoms with Gasteiger partial charge in [-0.1, -0.05) is 0 Å². The zero-order valence-electron chi connectivity index (χ0n) is 7.89. The van der Waals surface area contributed by atoms with Crippen molar-refractivity contribution in [3.63, 3.8) is 0 Å². The summed E-state index contributed by atoms with van der Waals surface area (Å²) < 4.78 is 12.3. The molecular formula is C9H14FNO2. The number of ketones is 1. The zero-order chi connectivity index (χ0) is 10.1. The van der Waals surface area contributed by atoms with Crippen LogP contribution in [0.5, 0.6) is 0 Å². The fraction of sp³-hybridized carbons (Fsp3) is 0.778. The van der Waals surface area contributed by atoms with E-state index in [2.05, 4.69) is 5.32 Å². The molecule has 13 heavy (non-hydrogen) atoms. The Kier molecular flexibility index (Phi) is 2.68. The predicted molar refractivity (Wildman–Crippen MR) is 45.9 cm³/mol. The van der Waals surface area contributed by atoms with Gasteiger partial charge in [-0.2, -0.15) is 0 Å². The normalized spacial score (nSPS) is 18.2. The van der Waals surface area contributed by atoms with Crippen molar-refractivity contribution in [2.45, 2.75) is 32.2 Å². The Hall–Kier alpha value is -0.930. The Morgan fingerprint density at radius 2 is 2.15 bits per heavy atom. The number of amides is 1. The van der Waals surface area contributed by atoms with Crippen LogP contribution in [0.1, 0.15) is 26.7 Å². The van der Waals surface area contributed by atoms with Gasteiger partial charge in [-0.3, -0.25) is 9.59 Å². The first-order chi connectivity index (χ1) is 5.94. The van der Waals surface area contributed by atoms with Gasteiger partial charge in [0.05, 0.1) is 11.5 Å². The summed E-state index contributed by atoms with van der Waals surface area (Å²) in [4.78, 5) is 21.9. The van der Waals surface area contributed by atoms with Gasteiger partial charge in [0.1, 0.15) is 12.5 Å². The predicted octanol–water partition coefficient (Wildman–Crippen LogP) is 0.830. The first-order valence-electron chi connectivity index (χ1n) is 4.34. The minimum Gasteiger partial charge on any atom is -0.348 e. The molecule has 0 heterocycles. The fourth-order valence-electron chi connectivity index (χ4n) is 1.14. The molecule has 4 heteroatoms. The summed E-state index contributed by atoms with van der Waals surface area (Å²) in [5.74, 6) is -0.321. The van der Waals surface area contributed by atoms with Crippen LogP contribution >= 0.6 is 0 Å². The molecule has 1 N–H and O–H groups in total. The molecule has 0 unspecified atom stereocenters. The maximum Gasteiger partial charge on any atom is 0.224 e. The van der Waals surface area contributed by atoms with E-state index >= 15 is 0 Å². The van der Waals surface area contributed by atoms with Crippen LogP contribution in [-0.4, -0.2) is 23.9 Å². The van der Waals surface area contributed by atoms with Crippen LogP contribution < -0.4 is 5.32 Å². The zero-order valence-corrected chi connectivity index (χ0v) is 7.89. The lowest BCUT2D eigenvalue weighted by atomic mass is 9.83. The van der Waals surface area contributed by atoms with E-state index < -0.39 is 12.2 Å². The molecular weight excluding hydrogens is 173 g/mol. The Balaban J connectivity index is 2.37. The van der Waals surface area contributed by atoms with Crippen LogP contribution in [0.2, 0.25) is 0 Å². The number of nitrogens with one attached hydrogen (secondary N) is 1. The second-order valence-electron chi connectivity index (χ2n) is 4.15. The molecule has 0 aromatic rings. The second-order valence-corrected chi connectivity index (χ2v) is 4.15. The molecule has 1 fully saturated rings. The van der Waals surface area contributed by atoms with E-state index in [4.69, 9.17) is 0 Å². The SMILES string of the molecule is CC(C)(CF)NC(=O)C1CC(=O)C1. The number of hydrogen-bond donors (Lipinski definition) is 1. The Morgan fingerprint density at radius 3 is 2.54 bits per heavy atom. The van der Waals surface area contributed by atoms with Crippen LogP contribution in [0.4, 0.5) is 4.39 Å². The van der Waals surface area contributed by atoms with Gasteiger partial charge in [0.25, 0.3) is 0 Å². The van der Waals surface area contributed by atoms with Crippen LogP contribution in [0.25, 0.3) is 0 Å². The van der Waals surface area contributed by atoms with Crippen molar-refractivity contribution >= 4 is 11.7 Å². The maximum absolute atomic E-state index is 12.3. The smallest absolute Gasteiger partial charge is 0.224 e. The van der Waals surface area contributed by atoms with E-state index in [1.165, 1.54) is 0 Å². The van der Waals surface area contributed by atoms with E-state index in [1.54, 1.807) is 13.8 Å². The number of carbonyl (C=O) groups is 2. The van der Waals surface area contributed by atoms with Gasteiger partial charge in [0.15, 0.2) is 0 Å². The van der Waals surface area contributed by atoms with Crippen molar-refractivity contribution < 1.29 is 14.0 Å². The van der Waals surface area contributed by atoms with E-state index in [9.17, 15) is 14.0 Å². The average molecular weight is 187 g/mol. The van der Waals surface area contributed by atoms with Gasteiger partial charge in [0.2, 0.25) is 5.91 Å². The van der Waals surface area contributed by atoms with Crippen LogP contribution in [-0.2, 0) is 9.59 Å². The molecule has 3 nitrogen and oxygen atoms in total. The lowest BCUT2D eigenvalue weighted by molar-refractivity contribution is -0.139. The lowest BCUT2D eigenvalue weighted by Crippen LogP contribution is -2.50. The quantitative estimate of drug-likeness (QED) is 0.711. The van der Waals surface area contributed by atoms with E-state index in [1.807, 2.05) is 0 Å². The van der Waals surface area contributed by atoms with Crippen molar-refractivity contribution in [2.24, 2.45) is 5.92 Å². The molecule has 74 valence electrons. The highest BCUT2D eigenvalue weighted by atomic mass is 19.1. The minimum absolute atomic E-state index is 0.109. The van der Waals surface area contributed by atoms with Gasteiger partial charge >= 0.3 is 0 Å². The van der Waals surface area contributed by atoms with Crippen molar-refractivity contribution in [2.75, 3.05) is 6.67 Å². The Morgan fingerprint density at radius 1 is 1.62 bits per heavy atom.